The molecule has 0 aliphatic carbocycles. The van der Waals surface area contributed by atoms with Gasteiger partial charge in [0, 0.05) is 9.86 Å². The fourth-order valence-corrected chi connectivity index (χ4v) is 3.54. The van der Waals surface area contributed by atoms with Crippen molar-refractivity contribution in [2.75, 3.05) is 13.1 Å². The van der Waals surface area contributed by atoms with Gasteiger partial charge in [-0.15, -0.1) is 0 Å². The number of aromatic amines is 1. The van der Waals surface area contributed by atoms with Gasteiger partial charge in [0.1, 0.15) is 16.9 Å². The fraction of sp³-hybridized carbons (Fsp3) is 0.412. The van der Waals surface area contributed by atoms with Crippen LogP contribution < -0.4 is 5.56 Å². The molecule has 1 fully saturated rings. The number of rotatable bonds is 2. The van der Waals surface area contributed by atoms with Crippen LogP contribution in [0.5, 0.6) is 0 Å². The van der Waals surface area contributed by atoms with Gasteiger partial charge in [-0.05, 0) is 50.0 Å². The number of halogens is 1. The number of benzene rings is 1. The monoisotopic (exact) mass is 375 g/mol. The van der Waals surface area contributed by atoms with Crippen molar-refractivity contribution in [2.24, 2.45) is 5.92 Å². The van der Waals surface area contributed by atoms with Gasteiger partial charge in [0.2, 0.25) is 5.58 Å². The number of nitrogens with zero attached hydrogens (tertiary/aromatic N) is 2. The summed E-state index contributed by atoms with van der Waals surface area (Å²) in [4.78, 5) is 22.2. The van der Waals surface area contributed by atoms with Crippen LogP contribution in [0.2, 0.25) is 0 Å². The van der Waals surface area contributed by atoms with Gasteiger partial charge in [-0.1, -0.05) is 22.9 Å². The van der Waals surface area contributed by atoms with E-state index in [9.17, 15) is 4.79 Å². The first kappa shape index (κ1) is 14.9. The van der Waals surface area contributed by atoms with Gasteiger partial charge >= 0.3 is 0 Å². The third-order valence-electron chi connectivity index (χ3n) is 4.58. The molecule has 4 rings (SSSR count). The number of H-pyrrole nitrogens is 1. The molecule has 6 heteroatoms. The number of hydrogen-bond donors (Lipinski definition) is 1. The number of fused-ring (bicyclic) bond motifs is 3. The Balaban J connectivity index is 1.75. The van der Waals surface area contributed by atoms with E-state index in [0.717, 1.165) is 28.9 Å². The maximum Gasteiger partial charge on any atom is 0.294 e. The van der Waals surface area contributed by atoms with Crippen LogP contribution in [0, 0.1) is 5.92 Å². The predicted octanol–water partition coefficient (Wildman–Crippen LogP) is 3.66. The van der Waals surface area contributed by atoms with Crippen LogP contribution >= 0.6 is 15.9 Å². The van der Waals surface area contributed by atoms with E-state index in [1.165, 1.54) is 12.8 Å². The molecule has 0 spiro atoms. The highest BCUT2D eigenvalue weighted by Gasteiger charge is 2.18. The molecule has 0 unspecified atom stereocenters. The highest BCUT2D eigenvalue weighted by molar-refractivity contribution is 9.10. The third-order valence-corrected chi connectivity index (χ3v) is 5.08. The SMILES string of the molecule is CC1CCN(Cc2nc3c(oc4ccc(Br)cc43)c(=O)[nH]2)CC1. The minimum atomic E-state index is -0.206. The largest absolute Gasteiger partial charge is 0.449 e. The van der Waals surface area contributed by atoms with Crippen molar-refractivity contribution in [1.82, 2.24) is 14.9 Å². The molecule has 5 nitrogen and oxygen atoms in total. The van der Waals surface area contributed by atoms with E-state index in [4.69, 9.17) is 4.42 Å². The summed E-state index contributed by atoms with van der Waals surface area (Å²) < 4.78 is 6.60. The van der Waals surface area contributed by atoms with Crippen molar-refractivity contribution in [3.63, 3.8) is 0 Å². The van der Waals surface area contributed by atoms with Gasteiger partial charge in [0.25, 0.3) is 5.56 Å². The summed E-state index contributed by atoms with van der Waals surface area (Å²) in [5.74, 6) is 1.50. The first-order valence-corrected chi connectivity index (χ1v) is 8.73. The molecule has 0 amide bonds. The summed E-state index contributed by atoms with van der Waals surface area (Å²) in [6.07, 6.45) is 2.40. The Morgan fingerprint density at radius 2 is 2.17 bits per heavy atom. The number of piperidine rings is 1. The lowest BCUT2D eigenvalue weighted by Gasteiger charge is -2.29. The summed E-state index contributed by atoms with van der Waals surface area (Å²) in [7, 11) is 0. The molecule has 0 saturated carbocycles. The van der Waals surface area contributed by atoms with E-state index in [1.807, 2.05) is 18.2 Å². The molecule has 1 aliphatic rings. The lowest BCUT2D eigenvalue weighted by atomic mass is 9.99. The molecule has 0 bridgehead atoms. The van der Waals surface area contributed by atoms with Crippen LogP contribution in [0.1, 0.15) is 25.6 Å². The van der Waals surface area contributed by atoms with E-state index in [2.05, 4.69) is 37.7 Å². The average molecular weight is 376 g/mol. The highest BCUT2D eigenvalue weighted by atomic mass is 79.9. The lowest BCUT2D eigenvalue weighted by molar-refractivity contribution is 0.181. The molecule has 1 saturated heterocycles. The topological polar surface area (TPSA) is 62.1 Å². The second-order valence-corrected chi connectivity index (χ2v) is 7.31. The van der Waals surface area contributed by atoms with Gasteiger partial charge in [-0.25, -0.2) is 4.98 Å². The Kier molecular flexibility index (Phi) is 3.73. The maximum absolute atomic E-state index is 12.3. The van der Waals surface area contributed by atoms with Gasteiger partial charge < -0.3 is 9.40 Å². The molecule has 3 heterocycles. The number of hydrogen-bond acceptors (Lipinski definition) is 4. The van der Waals surface area contributed by atoms with E-state index in [1.54, 1.807) is 0 Å². The summed E-state index contributed by atoms with van der Waals surface area (Å²) in [6, 6.07) is 5.70. The normalized spacial score (nSPS) is 17.3. The first-order chi connectivity index (χ1) is 11.1. The molecular formula is C17H18BrN3O2. The number of nitrogens with one attached hydrogen (secondary N) is 1. The highest BCUT2D eigenvalue weighted by Crippen LogP contribution is 2.28. The molecule has 23 heavy (non-hydrogen) atoms. The molecule has 120 valence electrons. The Bertz CT molecular complexity index is 923. The molecule has 1 aromatic carbocycles. The zero-order valence-electron chi connectivity index (χ0n) is 12.9. The third kappa shape index (κ3) is 2.81. The molecule has 0 radical (unpaired) electrons. The Morgan fingerprint density at radius 3 is 2.96 bits per heavy atom. The standard InChI is InChI=1S/C17H18BrN3O2/c1-10-4-6-21(7-5-10)9-14-19-15-12-8-11(18)2-3-13(12)23-16(15)17(22)20-14/h2-3,8,10H,4-7,9H2,1H3,(H,19,20,22). The van der Waals surface area contributed by atoms with Crippen LogP contribution in [0.4, 0.5) is 0 Å². The number of furan rings is 1. The quantitative estimate of drug-likeness (QED) is 0.742. The van der Waals surface area contributed by atoms with Gasteiger partial charge in [-0.2, -0.15) is 0 Å². The van der Waals surface area contributed by atoms with E-state index >= 15 is 0 Å². The van der Waals surface area contributed by atoms with Gasteiger partial charge in [0.15, 0.2) is 0 Å². The molecule has 2 aromatic heterocycles. The summed E-state index contributed by atoms with van der Waals surface area (Å²) in [5, 5.41) is 0.869. The van der Waals surface area contributed by atoms with E-state index in [-0.39, 0.29) is 5.56 Å². The van der Waals surface area contributed by atoms with Crippen LogP contribution in [0.3, 0.4) is 0 Å². The van der Waals surface area contributed by atoms with Crippen molar-refractivity contribution in [3.05, 3.63) is 38.9 Å². The molecule has 1 aliphatic heterocycles. The predicted molar refractivity (Wildman–Crippen MR) is 93.5 cm³/mol. The first-order valence-electron chi connectivity index (χ1n) is 7.93. The van der Waals surface area contributed by atoms with Crippen LogP contribution in [0.25, 0.3) is 22.1 Å². The zero-order valence-corrected chi connectivity index (χ0v) is 14.5. The summed E-state index contributed by atoms with van der Waals surface area (Å²) in [6.45, 7) is 5.08. The van der Waals surface area contributed by atoms with Crippen LogP contribution in [-0.4, -0.2) is 28.0 Å². The molecule has 1 N–H and O–H groups in total. The maximum atomic E-state index is 12.3. The number of likely N-dealkylation sites (tertiary alicyclic amines) is 1. The van der Waals surface area contributed by atoms with Crippen molar-refractivity contribution in [3.8, 4) is 0 Å². The summed E-state index contributed by atoms with van der Waals surface area (Å²) in [5.41, 5.74) is 1.42. The van der Waals surface area contributed by atoms with E-state index in [0.29, 0.717) is 29.1 Å². The average Bonchev–Trinajstić information content (AvgIpc) is 2.88. The van der Waals surface area contributed by atoms with Crippen molar-refractivity contribution in [1.29, 1.82) is 0 Å². The Labute approximate surface area is 141 Å². The van der Waals surface area contributed by atoms with Crippen molar-refractivity contribution >= 4 is 38.0 Å². The molecule has 0 atom stereocenters. The van der Waals surface area contributed by atoms with Gasteiger partial charge in [0.05, 0.1) is 6.54 Å². The number of aromatic nitrogens is 2. The Hall–Kier alpha value is -1.66. The molecular weight excluding hydrogens is 358 g/mol. The Morgan fingerprint density at radius 1 is 1.39 bits per heavy atom. The lowest BCUT2D eigenvalue weighted by Crippen LogP contribution is -2.33. The zero-order chi connectivity index (χ0) is 16.0. The second kappa shape index (κ2) is 5.76. The van der Waals surface area contributed by atoms with Crippen LogP contribution in [0.15, 0.2) is 31.9 Å². The smallest absolute Gasteiger partial charge is 0.294 e. The van der Waals surface area contributed by atoms with Gasteiger partial charge in [-0.3, -0.25) is 9.69 Å². The molecule has 3 aromatic rings. The van der Waals surface area contributed by atoms with E-state index < -0.39 is 0 Å². The summed E-state index contributed by atoms with van der Waals surface area (Å²) >= 11 is 3.46. The second-order valence-electron chi connectivity index (χ2n) is 6.39. The van der Waals surface area contributed by atoms with Crippen LogP contribution in [-0.2, 0) is 6.54 Å². The minimum Gasteiger partial charge on any atom is -0.449 e. The minimum absolute atomic E-state index is 0.206. The van der Waals surface area contributed by atoms with Crippen molar-refractivity contribution in [2.45, 2.75) is 26.3 Å². The van der Waals surface area contributed by atoms with Crippen molar-refractivity contribution < 1.29 is 4.42 Å². The fourth-order valence-electron chi connectivity index (χ4n) is 3.18.